The molecular formula is C11H15NO. The predicted octanol–water partition coefficient (Wildman–Crippen LogP) is 2.00. The summed E-state index contributed by atoms with van der Waals surface area (Å²) in [6, 6.07) is 8.93. The molecular weight excluding hydrogens is 162 g/mol. The van der Waals surface area contributed by atoms with E-state index in [9.17, 15) is 0 Å². The normalized spacial score (nSPS) is 27.8. The van der Waals surface area contributed by atoms with E-state index in [1.165, 1.54) is 11.1 Å². The van der Waals surface area contributed by atoms with Gasteiger partial charge < -0.3 is 4.74 Å². The Labute approximate surface area is 78.9 Å². The van der Waals surface area contributed by atoms with Crippen molar-refractivity contribution in [1.29, 1.82) is 0 Å². The van der Waals surface area contributed by atoms with Gasteiger partial charge in [-0.1, -0.05) is 29.8 Å². The summed E-state index contributed by atoms with van der Waals surface area (Å²) in [5.41, 5.74) is 2.50. The molecule has 0 aliphatic carbocycles. The molecule has 1 aliphatic rings. The summed E-state index contributed by atoms with van der Waals surface area (Å²) < 4.78 is 5.58. The molecule has 1 aromatic carbocycles. The molecule has 2 nitrogen and oxygen atoms in total. The largest absolute Gasteiger partial charge is 0.357 e. The minimum absolute atomic E-state index is 0.0931. The van der Waals surface area contributed by atoms with E-state index in [1.54, 1.807) is 0 Å². The number of hydrogen-bond acceptors (Lipinski definition) is 2. The zero-order valence-electron chi connectivity index (χ0n) is 8.08. The third-order valence-corrected chi connectivity index (χ3v) is 2.33. The second-order valence-corrected chi connectivity index (χ2v) is 3.69. The van der Waals surface area contributed by atoms with Crippen LogP contribution in [0.2, 0.25) is 0 Å². The molecule has 1 fully saturated rings. The SMILES string of the molecule is Cc1ccc(C2N[C@@H](C)CO2)cc1. The van der Waals surface area contributed by atoms with Crippen LogP contribution in [0.5, 0.6) is 0 Å². The van der Waals surface area contributed by atoms with Gasteiger partial charge in [0.1, 0.15) is 6.23 Å². The summed E-state index contributed by atoms with van der Waals surface area (Å²) in [5.74, 6) is 0. The fraction of sp³-hybridized carbons (Fsp3) is 0.455. The highest BCUT2D eigenvalue weighted by Gasteiger charge is 2.21. The van der Waals surface area contributed by atoms with Crippen LogP contribution in [0.25, 0.3) is 0 Å². The highest BCUT2D eigenvalue weighted by molar-refractivity contribution is 5.23. The number of ether oxygens (including phenoxy) is 1. The Hall–Kier alpha value is -0.860. The van der Waals surface area contributed by atoms with Crippen LogP contribution < -0.4 is 5.32 Å². The Bertz CT molecular complexity index is 281. The van der Waals surface area contributed by atoms with E-state index >= 15 is 0 Å². The van der Waals surface area contributed by atoms with E-state index in [0.717, 1.165) is 6.61 Å². The topological polar surface area (TPSA) is 21.3 Å². The Morgan fingerprint density at radius 1 is 1.31 bits per heavy atom. The van der Waals surface area contributed by atoms with Gasteiger partial charge in [0.25, 0.3) is 0 Å². The van der Waals surface area contributed by atoms with E-state index in [2.05, 4.69) is 43.4 Å². The van der Waals surface area contributed by atoms with Crippen LogP contribution in [-0.2, 0) is 4.74 Å². The molecule has 0 spiro atoms. The van der Waals surface area contributed by atoms with Crippen LogP contribution in [0.1, 0.15) is 24.3 Å². The van der Waals surface area contributed by atoms with Gasteiger partial charge in [-0.2, -0.15) is 0 Å². The van der Waals surface area contributed by atoms with Crippen LogP contribution in [0.4, 0.5) is 0 Å². The Morgan fingerprint density at radius 2 is 2.00 bits per heavy atom. The lowest BCUT2D eigenvalue weighted by Gasteiger charge is -2.10. The van der Waals surface area contributed by atoms with Crippen molar-refractivity contribution >= 4 is 0 Å². The monoisotopic (exact) mass is 177 g/mol. The number of nitrogens with one attached hydrogen (secondary N) is 1. The van der Waals surface area contributed by atoms with Crippen LogP contribution in [0.15, 0.2) is 24.3 Å². The van der Waals surface area contributed by atoms with E-state index in [1.807, 2.05) is 0 Å². The van der Waals surface area contributed by atoms with Gasteiger partial charge in [0.15, 0.2) is 0 Å². The molecule has 0 saturated carbocycles. The van der Waals surface area contributed by atoms with Crippen molar-refractivity contribution in [2.75, 3.05) is 6.61 Å². The minimum Gasteiger partial charge on any atom is -0.357 e. The summed E-state index contributed by atoms with van der Waals surface area (Å²) >= 11 is 0. The molecule has 70 valence electrons. The minimum atomic E-state index is 0.0931. The molecule has 13 heavy (non-hydrogen) atoms. The lowest BCUT2D eigenvalue weighted by Crippen LogP contribution is -2.22. The molecule has 2 rings (SSSR count). The van der Waals surface area contributed by atoms with Gasteiger partial charge in [-0.15, -0.1) is 0 Å². The maximum Gasteiger partial charge on any atom is 0.134 e. The molecule has 0 amide bonds. The zero-order chi connectivity index (χ0) is 9.26. The summed E-state index contributed by atoms with van der Waals surface area (Å²) in [6.45, 7) is 5.03. The summed E-state index contributed by atoms with van der Waals surface area (Å²) in [4.78, 5) is 0. The maximum atomic E-state index is 5.58. The van der Waals surface area contributed by atoms with Crippen molar-refractivity contribution in [1.82, 2.24) is 5.32 Å². The molecule has 1 aromatic rings. The standard InChI is InChI=1S/C11H15NO/c1-8-3-5-10(6-4-8)11-12-9(2)7-13-11/h3-6,9,11-12H,7H2,1-2H3/t9-,11?/m0/s1. The van der Waals surface area contributed by atoms with Crippen LogP contribution in [0, 0.1) is 6.92 Å². The zero-order valence-corrected chi connectivity index (χ0v) is 8.08. The molecule has 1 heterocycles. The van der Waals surface area contributed by atoms with E-state index in [-0.39, 0.29) is 6.23 Å². The molecule has 1 saturated heterocycles. The fourth-order valence-electron chi connectivity index (χ4n) is 1.53. The molecule has 2 heteroatoms. The van der Waals surface area contributed by atoms with E-state index in [0.29, 0.717) is 6.04 Å². The van der Waals surface area contributed by atoms with E-state index < -0.39 is 0 Å². The third kappa shape index (κ3) is 1.90. The number of benzene rings is 1. The van der Waals surface area contributed by atoms with Gasteiger partial charge in [-0.25, -0.2) is 0 Å². The van der Waals surface area contributed by atoms with Crippen LogP contribution in [0.3, 0.4) is 0 Å². The lowest BCUT2D eigenvalue weighted by molar-refractivity contribution is 0.101. The molecule has 2 atom stereocenters. The highest BCUT2D eigenvalue weighted by Crippen LogP contribution is 2.20. The number of rotatable bonds is 1. The first-order valence-corrected chi connectivity index (χ1v) is 4.70. The molecule has 1 aliphatic heterocycles. The average molecular weight is 177 g/mol. The quantitative estimate of drug-likeness (QED) is 0.708. The summed E-state index contributed by atoms with van der Waals surface area (Å²) in [6.07, 6.45) is 0.0931. The second kappa shape index (κ2) is 3.48. The summed E-state index contributed by atoms with van der Waals surface area (Å²) in [5, 5.41) is 3.37. The van der Waals surface area contributed by atoms with Crippen molar-refractivity contribution in [3.8, 4) is 0 Å². The van der Waals surface area contributed by atoms with Gasteiger partial charge >= 0.3 is 0 Å². The molecule has 1 unspecified atom stereocenters. The first-order chi connectivity index (χ1) is 6.25. The second-order valence-electron chi connectivity index (χ2n) is 3.69. The first-order valence-electron chi connectivity index (χ1n) is 4.70. The smallest absolute Gasteiger partial charge is 0.134 e. The van der Waals surface area contributed by atoms with Gasteiger partial charge in [-0.05, 0) is 19.4 Å². The van der Waals surface area contributed by atoms with Crippen molar-refractivity contribution in [3.05, 3.63) is 35.4 Å². The van der Waals surface area contributed by atoms with Gasteiger partial charge in [0.2, 0.25) is 0 Å². The van der Waals surface area contributed by atoms with Gasteiger partial charge in [0, 0.05) is 6.04 Å². The molecule has 0 aromatic heterocycles. The Morgan fingerprint density at radius 3 is 2.54 bits per heavy atom. The van der Waals surface area contributed by atoms with Crippen molar-refractivity contribution in [3.63, 3.8) is 0 Å². The first kappa shape index (κ1) is 8.73. The Balaban J connectivity index is 2.13. The summed E-state index contributed by atoms with van der Waals surface area (Å²) in [7, 11) is 0. The van der Waals surface area contributed by atoms with Gasteiger partial charge in [-0.3, -0.25) is 5.32 Å². The average Bonchev–Trinajstić information content (AvgIpc) is 2.53. The van der Waals surface area contributed by atoms with Gasteiger partial charge in [0.05, 0.1) is 6.61 Å². The highest BCUT2D eigenvalue weighted by atomic mass is 16.5. The van der Waals surface area contributed by atoms with Crippen LogP contribution in [-0.4, -0.2) is 12.6 Å². The molecule has 0 radical (unpaired) electrons. The predicted molar refractivity (Wildman–Crippen MR) is 52.5 cm³/mol. The Kier molecular flexibility index (Phi) is 2.34. The van der Waals surface area contributed by atoms with E-state index in [4.69, 9.17) is 4.74 Å². The number of aryl methyl sites for hydroxylation is 1. The van der Waals surface area contributed by atoms with Crippen molar-refractivity contribution < 1.29 is 4.74 Å². The fourth-order valence-corrected chi connectivity index (χ4v) is 1.53. The van der Waals surface area contributed by atoms with Crippen molar-refractivity contribution in [2.24, 2.45) is 0 Å². The molecule has 1 N–H and O–H groups in total. The molecule has 0 bridgehead atoms. The number of hydrogen-bond donors (Lipinski definition) is 1. The van der Waals surface area contributed by atoms with Crippen LogP contribution >= 0.6 is 0 Å². The van der Waals surface area contributed by atoms with Crippen molar-refractivity contribution in [2.45, 2.75) is 26.1 Å². The third-order valence-electron chi connectivity index (χ3n) is 2.33. The lowest BCUT2D eigenvalue weighted by atomic mass is 10.1. The maximum absolute atomic E-state index is 5.58.